The van der Waals surface area contributed by atoms with Gasteiger partial charge in [0.05, 0.1) is 16.4 Å². The zero-order valence-electron chi connectivity index (χ0n) is 6.04. The number of rotatable bonds is 1. The quantitative estimate of drug-likeness (QED) is 0.575. The standard InChI is InChI=1S/C7H7ClN2O2/c8-3-1-2-4(9)6(10)5(3)7(11)12/h1-2H,9-10H2,(H,11,12). The predicted molar refractivity (Wildman–Crippen MR) is 47.2 cm³/mol. The molecule has 0 saturated heterocycles. The molecule has 0 atom stereocenters. The molecule has 0 radical (unpaired) electrons. The second kappa shape index (κ2) is 2.91. The first kappa shape index (κ1) is 8.67. The molecule has 0 spiro atoms. The molecule has 1 aromatic carbocycles. The molecule has 1 rings (SSSR count). The largest absolute Gasteiger partial charge is 0.478 e. The van der Waals surface area contributed by atoms with E-state index in [4.69, 9.17) is 28.2 Å². The van der Waals surface area contributed by atoms with E-state index in [9.17, 15) is 4.79 Å². The van der Waals surface area contributed by atoms with Gasteiger partial charge in [-0.15, -0.1) is 0 Å². The highest BCUT2D eigenvalue weighted by Crippen LogP contribution is 2.27. The van der Waals surface area contributed by atoms with Crippen LogP contribution in [0.15, 0.2) is 12.1 Å². The van der Waals surface area contributed by atoms with E-state index in [-0.39, 0.29) is 22.0 Å². The Labute approximate surface area is 73.7 Å². The average molecular weight is 187 g/mol. The topological polar surface area (TPSA) is 89.3 Å². The normalized spacial score (nSPS) is 9.75. The lowest BCUT2D eigenvalue weighted by atomic mass is 10.1. The molecule has 0 amide bonds. The summed E-state index contributed by atoms with van der Waals surface area (Å²) in [6.45, 7) is 0. The van der Waals surface area contributed by atoms with Crippen LogP contribution in [0.1, 0.15) is 10.4 Å². The van der Waals surface area contributed by atoms with Crippen LogP contribution in [0.3, 0.4) is 0 Å². The molecule has 5 N–H and O–H groups in total. The molecule has 1 aromatic rings. The van der Waals surface area contributed by atoms with E-state index >= 15 is 0 Å². The van der Waals surface area contributed by atoms with Crippen molar-refractivity contribution >= 4 is 28.9 Å². The molecule has 0 aliphatic carbocycles. The summed E-state index contributed by atoms with van der Waals surface area (Å²) in [5.41, 5.74) is 10.9. The Hall–Kier alpha value is -1.42. The van der Waals surface area contributed by atoms with E-state index < -0.39 is 5.97 Å². The summed E-state index contributed by atoms with van der Waals surface area (Å²) in [4.78, 5) is 10.6. The summed E-state index contributed by atoms with van der Waals surface area (Å²) in [5, 5.41) is 8.74. The third-order valence-corrected chi connectivity index (χ3v) is 1.76. The van der Waals surface area contributed by atoms with Crippen molar-refractivity contribution in [3.05, 3.63) is 22.7 Å². The van der Waals surface area contributed by atoms with Crippen LogP contribution in [0.5, 0.6) is 0 Å². The number of halogens is 1. The highest BCUT2D eigenvalue weighted by Gasteiger charge is 2.14. The average Bonchev–Trinajstić information content (AvgIpc) is 1.97. The van der Waals surface area contributed by atoms with Crippen LogP contribution in [0, 0.1) is 0 Å². The van der Waals surface area contributed by atoms with Crippen molar-refractivity contribution in [2.45, 2.75) is 0 Å². The van der Waals surface area contributed by atoms with Crippen LogP contribution in [0.25, 0.3) is 0 Å². The molecule has 0 heterocycles. The number of benzene rings is 1. The van der Waals surface area contributed by atoms with E-state index in [1.165, 1.54) is 12.1 Å². The fourth-order valence-corrected chi connectivity index (χ4v) is 1.07. The van der Waals surface area contributed by atoms with Crippen molar-refractivity contribution < 1.29 is 9.90 Å². The number of anilines is 2. The molecule has 0 aliphatic heterocycles. The molecule has 64 valence electrons. The maximum Gasteiger partial charge on any atom is 0.339 e. The van der Waals surface area contributed by atoms with E-state index in [1.54, 1.807) is 0 Å². The summed E-state index contributed by atoms with van der Waals surface area (Å²) < 4.78 is 0. The van der Waals surface area contributed by atoms with Crippen LogP contribution in [0.4, 0.5) is 11.4 Å². The number of aromatic carboxylic acids is 1. The number of carbonyl (C=O) groups is 1. The first-order chi connectivity index (χ1) is 5.54. The Bertz CT molecular complexity index is 338. The van der Waals surface area contributed by atoms with Gasteiger partial charge < -0.3 is 16.6 Å². The van der Waals surface area contributed by atoms with Crippen LogP contribution < -0.4 is 11.5 Å². The Kier molecular flexibility index (Phi) is 2.10. The van der Waals surface area contributed by atoms with E-state index in [2.05, 4.69) is 0 Å². The highest BCUT2D eigenvalue weighted by atomic mass is 35.5. The summed E-state index contributed by atoms with van der Waals surface area (Å²) in [7, 11) is 0. The van der Waals surface area contributed by atoms with Gasteiger partial charge in [0.2, 0.25) is 0 Å². The number of carboxylic acids is 1. The molecular formula is C7H7ClN2O2. The number of hydrogen-bond acceptors (Lipinski definition) is 3. The lowest BCUT2D eigenvalue weighted by Crippen LogP contribution is -2.06. The fourth-order valence-electron chi connectivity index (χ4n) is 0.826. The van der Waals surface area contributed by atoms with Crippen LogP contribution in [0.2, 0.25) is 5.02 Å². The second-order valence-electron chi connectivity index (χ2n) is 2.23. The number of carboxylic acid groups (broad SMARTS) is 1. The lowest BCUT2D eigenvalue weighted by molar-refractivity contribution is 0.0698. The van der Waals surface area contributed by atoms with Gasteiger partial charge in [-0.3, -0.25) is 0 Å². The van der Waals surface area contributed by atoms with E-state index in [0.29, 0.717) is 0 Å². The van der Waals surface area contributed by atoms with Crippen molar-refractivity contribution in [1.29, 1.82) is 0 Å². The molecule has 0 aliphatic rings. The summed E-state index contributed by atoms with van der Waals surface area (Å²) >= 11 is 5.58. The Morgan fingerprint density at radius 3 is 2.42 bits per heavy atom. The van der Waals surface area contributed by atoms with Gasteiger partial charge in [-0.25, -0.2) is 4.79 Å². The predicted octanol–water partition coefficient (Wildman–Crippen LogP) is 1.20. The van der Waals surface area contributed by atoms with Gasteiger partial charge in [-0.05, 0) is 12.1 Å². The van der Waals surface area contributed by atoms with Crippen molar-refractivity contribution in [2.24, 2.45) is 0 Å². The van der Waals surface area contributed by atoms with Crippen molar-refractivity contribution in [3.63, 3.8) is 0 Å². The second-order valence-corrected chi connectivity index (χ2v) is 2.64. The molecule has 0 saturated carbocycles. The Morgan fingerprint density at radius 1 is 1.42 bits per heavy atom. The molecule has 4 nitrogen and oxygen atoms in total. The van der Waals surface area contributed by atoms with Crippen molar-refractivity contribution in [2.75, 3.05) is 11.5 Å². The third kappa shape index (κ3) is 1.29. The van der Waals surface area contributed by atoms with Gasteiger partial charge in [-0.2, -0.15) is 0 Å². The van der Waals surface area contributed by atoms with Crippen LogP contribution in [-0.4, -0.2) is 11.1 Å². The van der Waals surface area contributed by atoms with Gasteiger partial charge in [-0.1, -0.05) is 11.6 Å². The monoisotopic (exact) mass is 186 g/mol. The minimum absolute atomic E-state index is 0.00926. The van der Waals surface area contributed by atoms with Gasteiger partial charge in [0.15, 0.2) is 0 Å². The summed E-state index contributed by atoms with van der Waals surface area (Å²) in [6.07, 6.45) is 0. The molecule has 12 heavy (non-hydrogen) atoms. The van der Waals surface area contributed by atoms with E-state index in [0.717, 1.165) is 0 Å². The minimum atomic E-state index is -1.18. The number of nitrogen functional groups attached to an aromatic ring is 2. The molecule has 5 heteroatoms. The minimum Gasteiger partial charge on any atom is -0.478 e. The third-order valence-electron chi connectivity index (χ3n) is 1.44. The zero-order valence-corrected chi connectivity index (χ0v) is 6.80. The Balaban J connectivity index is 3.43. The Morgan fingerprint density at radius 2 is 2.00 bits per heavy atom. The highest BCUT2D eigenvalue weighted by molar-refractivity contribution is 6.34. The van der Waals surface area contributed by atoms with Gasteiger partial charge in [0, 0.05) is 0 Å². The molecule has 0 fully saturated rings. The van der Waals surface area contributed by atoms with Crippen LogP contribution in [-0.2, 0) is 0 Å². The first-order valence-corrected chi connectivity index (χ1v) is 3.48. The smallest absolute Gasteiger partial charge is 0.339 e. The van der Waals surface area contributed by atoms with Gasteiger partial charge in [0.25, 0.3) is 0 Å². The maximum atomic E-state index is 10.6. The number of nitrogens with two attached hydrogens (primary N) is 2. The molecule has 0 aromatic heterocycles. The maximum absolute atomic E-state index is 10.6. The molecule has 0 unspecified atom stereocenters. The van der Waals surface area contributed by atoms with Gasteiger partial charge >= 0.3 is 5.97 Å². The van der Waals surface area contributed by atoms with Crippen molar-refractivity contribution in [1.82, 2.24) is 0 Å². The summed E-state index contributed by atoms with van der Waals surface area (Å²) in [5.74, 6) is -1.18. The van der Waals surface area contributed by atoms with Gasteiger partial charge in [0.1, 0.15) is 5.56 Å². The first-order valence-electron chi connectivity index (χ1n) is 3.10. The van der Waals surface area contributed by atoms with Crippen LogP contribution >= 0.6 is 11.6 Å². The molecule has 0 bridgehead atoms. The SMILES string of the molecule is Nc1ccc(Cl)c(C(=O)O)c1N. The number of hydrogen-bond donors (Lipinski definition) is 3. The van der Waals surface area contributed by atoms with Crippen molar-refractivity contribution in [3.8, 4) is 0 Å². The van der Waals surface area contributed by atoms with E-state index in [1.807, 2.05) is 0 Å². The zero-order chi connectivity index (χ0) is 9.30. The summed E-state index contributed by atoms with van der Waals surface area (Å²) in [6, 6.07) is 2.86. The molecular weight excluding hydrogens is 180 g/mol. The lowest BCUT2D eigenvalue weighted by Gasteiger charge is -2.05. The fraction of sp³-hybridized carbons (Fsp3) is 0.